The minimum Gasteiger partial charge on any atom is -0.446 e. The highest BCUT2D eigenvalue weighted by Gasteiger charge is 2.20. The van der Waals surface area contributed by atoms with Crippen molar-refractivity contribution in [3.05, 3.63) is 0 Å². The van der Waals surface area contributed by atoms with Crippen molar-refractivity contribution >= 4 is 6.09 Å². The van der Waals surface area contributed by atoms with Crippen LogP contribution in [0.1, 0.15) is 0 Å². The van der Waals surface area contributed by atoms with Gasteiger partial charge >= 0.3 is 6.09 Å². The maximum Gasteiger partial charge on any atom is 0.434 e. The zero-order chi connectivity index (χ0) is 5.98. The van der Waals surface area contributed by atoms with Crippen LogP contribution in [0.15, 0.2) is 0 Å². The number of carbonyl (C=O) groups excluding carboxylic acids is 1. The van der Waals surface area contributed by atoms with Crippen LogP contribution in [-0.4, -0.2) is 31.4 Å². The van der Waals surface area contributed by atoms with Gasteiger partial charge in [-0.3, -0.25) is 4.84 Å². The van der Waals surface area contributed by atoms with Crippen molar-refractivity contribution in [3.8, 4) is 0 Å². The molecule has 1 amide bonds. The first-order valence-corrected chi connectivity index (χ1v) is 2.33. The Morgan fingerprint density at radius 2 is 2.62 bits per heavy atom. The second-order valence-corrected chi connectivity index (χ2v) is 1.40. The van der Waals surface area contributed by atoms with E-state index in [0.717, 1.165) is 0 Å². The van der Waals surface area contributed by atoms with Crippen LogP contribution >= 0.6 is 0 Å². The van der Waals surface area contributed by atoms with Crippen LogP contribution in [0.2, 0.25) is 0 Å². The molecule has 1 heterocycles. The van der Waals surface area contributed by atoms with Crippen molar-refractivity contribution in [3.63, 3.8) is 0 Å². The Morgan fingerprint density at radius 1 is 1.88 bits per heavy atom. The van der Waals surface area contributed by atoms with E-state index in [1.165, 1.54) is 12.2 Å². The average Bonchev–Trinajstić information content (AvgIpc) is 2.14. The van der Waals surface area contributed by atoms with E-state index in [2.05, 4.69) is 9.57 Å². The standard InChI is InChI=1S/C4H7NO3/c1-7-5-2-3-8-4(5)6/h2-3H2,1H3. The fraction of sp³-hybridized carbons (Fsp3) is 0.750. The van der Waals surface area contributed by atoms with E-state index in [-0.39, 0.29) is 0 Å². The summed E-state index contributed by atoms with van der Waals surface area (Å²) in [7, 11) is 1.44. The zero-order valence-electron chi connectivity index (χ0n) is 4.59. The van der Waals surface area contributed by atoms with Gasteiger partial charge in [-0.25, -0.2) is 4.79 Å². The minimum absolute atomic E-state index is 0.396. The molecule has 1 rings (SSSR count). The van der Waals surface area contributed by atoms with Crippen molar-refractivity contribution in [2.75, 3.05) is 20.3 Å². The van der Waals surface area contributed by atoms with Gasteiger partial charge in [-0.05, 0) is 0 Å². The molecule has 0 radical (unpaired) electrons. The summed E-state index contributed by atoms with van der Waals surface area (Å²) in [5, 5.41) is 1.17. The molecule has 1 aliphatic heterocycles. The number of hydrogen-bond donors (Lipinski definition) is 0. The van der Waals surface area contributed by atoms with Gasteiger partial charge in [-0.2, -0.15) is 5.06 Å². The van der Waals surface area contributed by atoms with Gasteiger partial charge in [-0.15, -0.1) is 0 Å². The number of ether oxygens (including phenoxy) is 1. The predicted octanol–water partition coefficient (Wildman–Crippen LogP) is 0. The number of hydrogen-bond acceptors (Lipinski definition) is 3. The first-order valence-electron chi connectivity index (χ1n) is 2.33. The van der Waals surface area contributed by atoms with E-state index in [1.54, 1.807) is 0 Å². The van der Waals surface area contributed by atoms with Crippen LogP contribution in [0.25, 0.3) is 0 Å². The van der Waals surface area contributed by atoms with E-state index >= 15 is 0 Å². The molecule has 0 aromatic carbocycles. The van der Waals surface area contributed by atoms with E-state index < -0.39 is 6.09 Å². The Labute approximate surface area is 46.9 Å². The van der Waals surface area contributed by atoms with Crippen molar-refractivity contribution in [1.82, 2.24) is 5.06 Å². The average molecular weight is 117 g/mol. The molecule has 0 aliphatic carbocycles. The zero-order valence-corrected chi connectivity index (χ0v) is 4.59. The van der Waals surface area contributed by atoms with Gasteiger partial charge in [0.2, 0.25) is 0 Å². The highest BCUT2D eigenvalue weighted by molar-refractivity contribution is 5.67. The second kappa shape index (κ2) is 2.00. The molecule has 46 valence electrons. The van der Waals surface area contributed by atoms with Crippen LogP contribution in [0.5, 0.6) is 0 Å². The summed E-state index contributed by atoms with van der Waals surface area (Å²) in [5.41, 5.74) is 0. The molecule has 0 saturated carbocycles. The number of carbonyl (C=O) groups is 1. The molecule has 0 aromatic rings. The number of amides is 1. The third-order valence-corrected chi connectivity index (χ3v) is 0.944. The number of rotatable bonds is 1. The highest BCUT2D eigenvalue weighted by Crippen LogP contribution is 2.00. The van der Waals surface area contributed by atoms with Gasteiger partial charge in [0.1, 0.15) is 6.61 Å². The van der Waals surface area contributed by atoms with Crippen LogP contribution in [0.4, 0.5) is 4.79 Å². The summed E-state index contributed by atoms with van der Waals surface area (Å²) >= 11 is 0. The molecule has 4 nitrogen and oxygen atoms in total. The lowest BCUT2D eigenvalue weighted by Crippen LogP contribution is -2.22. The summed E-state index contributed by atoms with van der Waals surface area (Å²) in [6, 6.07) is 0. The van der Waals surface area contributed by atoms with Crippen molar-refractivity contribution < 1.29 is 14.4 Å². The van der Waals surface area contributed by atoms with Crippen LogP contribution < -0.4 is 0 Å². The summed E-state index contributed by atoms with van der Waals surface area (Å²) in [6.45, 7) is 0.974. The monoisotopic (exact) mass is 117 g/mol. The molecule has 1 saturated heterocycles. The normalized spacial score (nSPS) is 19.1. The van der Waals surface area contributed by atoms with Gasteiger partial charge in [0.15, 0.2) is 0 Å². The summed E-state index contributed by atoms with van der Waals surface area (Å²) in [6.07, 6.45) is -0.396. The van der Waals surface area contributed by atoms with Crippen LogP contribution in [0, 0.1) is 0 Å². The van der Waals surface area contributed by atoms with Gasteiger partial charge in [0, 0.05) is 0 Å². The summed E-state index contributed by atoms with van der Waals surface area (Å²) in [4.78, 5) is 15.0. The van der Waals surface area contributed by atoms with E-state index in [1.807, 2.05) is 0 Å². The molecule has 0 atom stereocenters. The maximum absolute atomic E-state index is 10.4. The van der Waals surface area contributed by atoms with Crippen LogP contribution in [-0.2, 0) is 9.57 Å². The Morgan fingerprint density at radius 3 is 2.88 bits per heavy atom. The molecule has 0 bridgehead atoms. The fourth-order valence-electron chi connectivity index (χ4n) is 0.545. The largest absolute Gasteiger partial charge is 0.446 e. The smallest absolute Gasteiger partial charge is 0.434 e. The lowest BCUT2D eigenvalue weighted by atomic mass is 10.7. The third kappa shape index (κ3) is 0.742. The molecule has 0 spiro atoms. The van der Waals surface area contributed by atoms with Crippen molar-refractivity contribution in [2.45, 2.75) is 0 Å². The third-order valence-electron chi connectivity index (χ3n) is 0.944. The minimum atomic E-state index is -0.396. The Kier molecular flexibility index (Phi) is 1.34. The topological polar surface area (TPSA) is 38.8 Å². The Bertz CT molecular complexity index is 103. The molecular formula is C4H7NO3. The number of nitrogens with zero attached hydrogens (tertiary/aromatic N) is 1. The Balaban J connectivity index is 2.42. The van der Waals surface area contributed by atoms with Crippen LogP contribution in [0.3, 0.4) is 0 Å². The van der Waals surface area contributed by atoms with Gasteiger partial charge in [-0.1, -0.05) is 0 Å². The van der Waals surface area contributed by atoms with E-state index in [0.29, 0.717) is 13.2 Å². The molecule has 1 fully saturated rings. The SMILES string of the molecule is CON1CCOC1=O. The summed E-state index contributed by atoms with van der Waals surface area (Å²) in [5.74, 6) is 0. The second-order valence-electron chi connectivity index (χ2n) is 1.40. The summed E-state index contributed by atoms with van der Waals surface area (Å²) < 4.78 is 4.52. The van der Waals surface area contributed by atoms with Gasteiger partial charge < -0.3 is 4.74 Å². The van der Waals surface area contributed by atoms with Crippen molar-refractivity contribution in [2.24, 2.45) is 0 Å². The molecule has 1 aliphatic rings. The van der Waals surface area contributed by atoms with Crippen molar-refractivity contribution in [1.29, 1.82) is 0 Å². The molecule has 0 N–H and O–H groups in total. The lowest BCUT2D eigenvalue weighted by molar-refractivity contribution is -0.0751. The first kappa shape index (κ1) is 5.37. The van der Waals surface area contributed by atoms with Gasteiger partial charge in [0.05, 0.1) is 13.7 Å². The Hall–Kier alpha value is -0.770. The molecule has 0 unspecified atom stereocenters. The maximum atomic E-state index is 10.4. The molecule has 0 aromatic heterocycles. The predicted molar refractivity (Wildman–Crippen MR) is 25.1 cm³/mol. The molecule has 8 heavy (non-hydrogen) atoms. The number of hydroxylamine groups is 2. The number of cyclic esters (lactones) is 1. The van der Waals surface area contributed by atoms with E-state index in [9.17, 15) is 4.79 Å². The quantitative estimate of drug-likeness (QED) is 0.485. The van der Waals surface area contributed by atoms with E-state index in [4.69, 9.17) is 0 Å². The first-order chi connectivity index (χ1) is 3.84. The molecule has 4 heteroatoms. The molecular weight excluding hydrogens is 110 g/mol. The van der Waals surface area contributed by atoms with Gasteiger partial charge in [0.25, 0.3) is 0 Å². The fourth-order valence-corrected chi connectivity index (χ4v) is 0.545. The highest BCUT2D eigenvalue weighted by atomic mass is 16.7. The lowest BCUT2D eigenvalue weighted by Gasteiger charge is -2.05.